The van der Waals surface area contributed by atoms with Gasteiger partial charge in [-0.2, -0.15) is 0 Å². The Morgan fingerprint density at radius 2 is 1.78 bits per heavy atom. The van der Waals surface area contributed by atoms with Crippen molar-refractivity contribution in [3.05, 3.63) is 53.6 Å². The van der Waals surface area contributed by atoms with Gasteiger partial charge in [0.25, 0.3) is 5.91 Å². The maximum atomic E-state index is 14.3. The van der Waals surface area contributed by atoms with Crippen LogP contribution in [0.4, 0.5) is 5.69 Å². The zero-order chi connectivity index (χ0) is 26.2. The summed E-state index contributed by atoms with van der Waals surface area (Å²) >= 11 is 7.71. The van der Waals surface area contributed by atoms with E-state index in [-0.39, 0.29) is 29.6 Å². The first-order chi connectivity index (χ1) is 17.9. The normalized spacial score (nSPS) is 30.9. The Bertz CT molecular complexity index is 1110. The summed E-state index contributed by atoms with van der Waals surface area (Å²) in [5.41, 5.74) is 0.731. The van der Waals surface area contributed by atoms with Crippen molar-refractivity contribution in [2.75, 3.05) is 37.7 Å². The first-order valence-corrected chi connectivity index (χ1v) is 14.5. The maximum absolute atomic E-state index is 14.3. The van der Waals surface area contributed by atoms with E-state index in [0.717, 1.165) is 18.5 Å². The summed E-state index contributed by atoms with van der Waals surface area (Å²) < 4.78 is -0.809. The summed E-state index contributed by atoms with van der Waals surface area (Å²) in [6.07, 6.45) is 11.1. The van der Waals surface area contributed by atoms with E-state index in [9.17, 15) is 19.5 Å². The second-order valence-electron chi connectivity index (χ2n) is 10.2. The molecule has 9 heteroatoms. The van der Waals surface area contributed by atoms with Gasteiger partial charge in [-0.05, 0) is 49.9 Å². The predicted molar refractivity (Wildman–Crippen MR) is 146 cm³/mol. The summed E-state index contributed by atoms with van der Waals surface area (Å²) in [4.78, 5) is 47.6. The number of carbonyl (C=O) groups excluding carboxylic acids is 3. The third kappa shape index (κ3) is 4.51. The zero-order valence-electron chi connectivity index (χ0n) is 21.1. The smallest absolute Gasteiger partial charge is 0.251 e. The summed E-state index contributed by atoms with van der Waals surface area (Å²) in [5.74, 6) is -1.31. The molecule has 4 aliphatic rings. The van der Waals surface area contributed by atoms with Crippen molar-refractivity contribution >= 4 is 46.8 Å². The third-order valence-electron chi connectivity index (χ3n) is 7.93. The van der Waals surface area contributed by atoms with Gasteiger partial charge >= 0.3 is 0 Å². The average Bonchev–Trinajstić information content (AvgIpc) is 3.20. The summed E-state index contributed by atoms with van der Waals surface area (Å²) in [6, 6.07) is 6.47. The van der Waals surface area contributed by atoms with Gasteiger partial charge in [-0.15, -0.1) is 11.8 Å². The van der Waals surface area contributed by atoms with Crippen LogP contribution >= 0.6 is 23.4 Å². The highest BCUT2D eigenvalue weighted by atomic mass is 35.5. The van der Waals surface area contributed by atoms with Gasteiger partial charge in [0.1, 0.15) is 6.04 Å². The molecular weight excluding hydrogens is 510 g/mol. The van der Waals surface area contributed by atoms with Crippen molar-refractivity contribution in [3.63, 3.8) is 0 Å². The Labute approximate surface area is 227 Å². The molecule has 4 aliphatic heterocycles. The lowest BCUT2D eigenvalue weighted by Crippen LogP contribution is -2.53. The molecule has 2 fully saturated rings. The SMILES string of the molecule is CCCN1CC=C[C@@H]2S[C@]34C=CCN(c5ccc(Cl)cc5)C(=O)C3N(CCCCCO)C(=O)[C@@H]4[C@@H]2C1=O. The van der Waals surface area contributed by atoms with Crippen LogP contribution in [0.15, 0.2) is 48.6 Å². The van der Waals surface area contributed by atoms with E-state index in [1.165, 1.54) is 0 Å². The van der Waals surface area contributed by atoms with Crippen molar-refractivity contribution in [1.82, 2.24) is 9.80 Å². The number of nitrogens with zero attached hydrogens (tertiary/aromatic N) is 3. The number of aliphatic hydroxyl groups excluding tert-OH is 1. The summed E-state index contributed by atoms with van der Waals surface area (Å²) in [6.45, 7) is 4.17. The molecule has 1 N–H and O–H groups in total. The number of rotatable bonds is 8. The van der Waals surface area contributed by atoms with E-state index in [1.54, 1.807) is 33.7 Å². The number of hydrogen-bond acceptors (Lipinski definition) is 5. The Kier molecular flexibility index (Phi) is 7.70. The lowest BCUT2D eigenvalue weighted by Gasteiger charge is -2.35. The fraction of sp³-hybridized carbons (Fsp3) is 0.536. The van der Waals surface area contributed by atoms with Gasteiger partial charge in [0.2, 0.25) is 11.8 Å². The van der Waals surface area contributed by atoms with Crippen LogP contribution in [0.3, 0.4) is 0 Å². The second-order valence-corrected chi connectivity index (χ2v) is 12.1. The number of halogens is 1. The first kappa shape index (κ1) is 26.3. The Morgan fingerprint density at radius 1 is 1.00 bits per heavy atom. The topological polar surface area (TPSA) is 81.2 Å². The fourth-order valence-electron chi connectivity index (χ4n) is 6.32. The highest BCUT2D eigenvalue weighted by Gasteiger charge is 2.70. The number of amides is 3. The van der Waals surface area contributed by atoms with E-state index in [4.69, 9.17) is 11.6 Å². The number of anilines is 1. The molecule has 0 bridgehead atoms. The first-order valence-electron chi connectivity index (χ1n) is 13.2. The van der Waals surface area contributed by atoms with Crippen molar-refractivity contribution in [3.8, 4) is 0 Å². The molecular formula is C28H34ClN3O4S. The van der Waals surface area contributed by atoms with E-state index in [2.05, 4.69) is 6.08 Å². The van der Waals surface area contributed by atoms with E-state index < -0.39 is 22.6 Å². The lowest BCUT2D eigenvalue weighted by molar-refractivity contribution is -0.142. The number of benzene rings is 1. The van der Waals surface area contributed by atoms with Gasteiger partial charge in [0.15, 0.2) is 0 Å². The molecule has 5 atom stereocenters. The molecule has 7 nitrogen and oxygen atoms in total. The largest absolute Gasteiger partial charge is 0.396 e. The standard InChI is InChI=1S/C28H34ClN3O4S/c1-2-14-30-15-6-8-21-22(25(30)34)23-26(35)32(16-4-3-5-18-33)24-27(36)31(17-7-13-28(23,24)37-21)20-11-9-19(29)10-12-20/h6-13,21-24,33H,2-5,14-18H2,1H3/t21-,22+,23-,24?,28-/m0/s1. The van der Waals surface area contributed by atoms with Crippen molar-refractivity contribution in [2.24, 2.45) is 11.8 Å². The minimum absolute atomic E-state index is 0.0140. The lowest BCUT2D eigenvalue weighted by atomic mass is 9.78. The van der Waals surface area contributed by atoms with Gasteiger partial charge in [0, 0.05) is 48.7 Å². The minimum atomic E-state index is -0.809. The molecule has 0 saturated carbocycles. The van der Waals surface area contributed by atoms with Crippen LogP contribution in [0.25, 0.3) is 0 Å². The van der Waals surface area contributed by atoms with Crippen molar-refractivity contribution < 1.29 is 19.5 Å². The van der Waals surface area contributed by atoms with Crippen LogP contribution in [0.2, 0.25) is 5.02 Å². The minimum Gasteiger partial charge on any atom is -0.396 e. The molecule has 5 rings (SSSR count). The average molecular weight is 544 g/mol. The third-order valence-corrected chi connectivity index (χ3v) is 9.93. The van der Waals surface area contributed by atoms with Crippen LogP contribution in [-0.4, -0.2) is 81.5 Å². The number of fused-ring (bicyclic) bond motifs is 2. The number of aliphatic hydroxyl groups is 1. The fourth-order valence-corrected chi connectivity index (χ4v) is 8.46. The molecule has 37 heavy (non-hydrogen) atoms. The maximum Gasteiger partial charge on any atom is 0.251 e. The molecule has 0 aromatic heterocycles. The van der Waals surface area contributed by atoms with E-state index in [1.807, 2.05) is 42.2 Å². The molecule has 1 aromatic rings. The quantitative estimate of drug-likeness (QED) is 0.401. The number of hydrogen-bond donors (Lipinski definition) is 1. The molecule has 4 heterocycles. The zero-order valence-corrected chi connectivity index (χ0v) is 22.7. The number of carbonyl (C=O) groups is 3. The molecule has 2 saturated heterocycles. The van der Waals surface area contributed by atoms with Crippen molar-refractivity contribution in [1.29, 1.82) is 0 Å². The van der Waals surface area contributed by atoms with Crippen LogP contribution in [-0.2, 0) is 14.4 Å². The molecule has 1 aromatic carbocycles. The van der Waals surface area contributed by atoms with Gasteiger partial charge in [0.05, 0.1) is 16.6 Å². The van der Waals surface area contributed by atoms with Crippen LogP contribution in [0.5, 0.6) is 0 Å². The summed E-state index contributed by atoms with van der Waals surface area (Å²) in [7, 11) is 0. The molecule has 3 amide bonds. The predicted octanol–water partition coefficient (Wildman–Crippen LogP) is 3.51. The molecule has 1 unspecified atom stereocenters. The monoisotopic (exact) mass is 543 g/mol. The number of unbranched alkanes of at least 4 members (excludes halogenated alkanes) is 2. The number of thioether (sulfide) groups is 1. The molecule has 198 valence electrons. The Balaban J connectivity index is 1.55. The van der Waals surface area contributed by atoms with Crippen LogP contribution < -0.4 is 4.90 Å². The molecule has 0 aliphatic carbocycles. The van der Waals surface area contributed by atoms with Gasteiger partial charge in [-0.25, -0.2) is 0 Å². The Morgan fingerprint density at radius 3 is 2.51 bits per heavy atom. The number of likely N-dealkylation sites (tertiary alicyclic amines) is 1. The highest BCUT2D eigenvalue weighted by Crippen LogP contribution is 2.61. The second kappa shape index (κ2) is 10.8. The van der Waals surface area contributed by atoms with E-state index >= 15 is 0 Å². The van der Waals surface area contributed by atoms with Crippen LogP contribution in [0, 0.1) is 11.8 Å². The van der Waals surface area contributed by atoms with Crippen molar-refractivity contribution in [2.45, 2.75) is 48.6 Å². The van der Waals surface area contributed by atoms with E-state index in [0.29, 0.717) is 44.0 Å². The van der Waals surface area contributed by atoms with Gasteiger partial charge < -0.3 is 19.8 Å². The Hall–Kier alpha value is -2.29. The summed E-state index contributed by atoms with van der Waals surface area (Å²) in [5, 5.41) is 9.67. The highest BCUT2D eigenvalue weighted by molar-refractivity contribution is 8.02. The molecule has 0 radical (unpaired) electrons. The van der Waals surface area contributed by atoms with Crippen LogP contribution in [0.1, 0.15) is 32.6 Å². The van der Waals surface area contributed by atoms with Gasteiger partial charge in [-0.1, -0.05) is 42.8 Å². The van der Waals surface area contributed by atoms with Gasteiger partial charge in [-0.3, -0.25) is 14.4 Å². The molecule has 1 spiro atoms.